The average Bonchev–Trinajstić information content (AvgIpc) is 2.93. The van der Waals surface area contributed by atoms with E-state index in [1.165, 1.54) is 27.3 Å². The molecule has 0 aromatic heterocycles. The number of hydrogen-bond donors (Lipinski definition) is 1. The van der Waals surface area contributed by atoms with Crippen LogP contribution in [-0.4, -0.2) is 19.4 Å². The maximum absolute atomic E-state index is 5.26. The van der Waals surface area contributed by atoms with E-state index in [4.69, 9.17) is 4.74 Å². The van der Waals surface area contributed by atoms with Crippen molar-refractivity contribution in [2.45, 2.75) is 24.0 Å². The van der Waals surface area contributed by atoms with Gasteiger partial charge in [0.05, 0.1) is 6.61 Å². The zero-order valence-corrected chi connectivity index (χ0v) is 13.2. The highest BCUT2D eigenvalue weighted by molar-refractivity contribution is 7.99. The summed E-state index contributed by atoms with van der Waals surface area (Å²) in [5.41, 5.74) is 4.10. The van der Waals surface area contributed by atoms with Crippen LogP contribution in [-0.2, 0) is 17.9 Å². The number of thioether (sulfide) groups is 1. The predicted octanol–water partition coefficient (Wildman–Crippen LogP) is 3.81. The highest BCUT2D eigenvalue weighted by atomic mass is 32.2. The number of fused-ring (bicyclic) bond motifs is 1. The quantitative estimate of drug-likeness (QED) is 0.876. The SMILES string of the molecule is COCc1ccccc1CNCC1CSc2ccccc21. The normalized spacial score (nSPS) is 16.9. The zero-order valence-electron chi connectivity index (χ0n) is 12.3. The molecule has 1 aliphatic rings. The van der Waals surface area contributed by atoms with Crippen LogP contribution < -0.4 is 5.32 Å². The van der Waals surface area contributed by atoms with E-state index in [0.717, 1.165) is 13.1 Å². The topological polar surface area (TPSA) is 21.3 Å². The van der Waals surface area contributed by atoms with Gasteiger partial charge in [-0.3, -0.25) is 0 Å². The molecule has 3 heteroatoms. The summed E-state index contributed by atoms with van der Waals surface area (Å²) in [5, 5.41) is 3.61. The van der Waals surface area contributed by atoms with Gasteiger partial charge in [0.1, 0.15) is 0 Å². The molecule has 0 aliphatic carbocycles. The van der Waals surface area contributed by atoms with E-state index in [1.807, 2.05) is 11.8 Å². The minimum absolute atomic E-state index is 0.626. The first-order valence-electron chi connectivity index (χ1n) is 7.36. The van der Waals surface area contributed by atoms with Crippen molar-refractivity contribution in [3.8, 4) is 0 Å². The third-order valence-electron chi connectivity index (χ3n) is 3.92. The smallest absolute Gasteiger partial charge is 0.0716 e. The van der Waals surface area contributed by atoms with Crippen LogP contribution in [0.5, 0.6) is 0 Å². The second kappa shape index (κ2) is 7.12. The Labute approximate surface area is 130 Å². The molecular weight excluding hydrogens is 278 g/mol. The van der Waals surface area contributed by atoms with Crippen molar-refractivity contribution >= 4 is 11.8 Å². The van der Waals surface area contributed by atoms with Gasteiger partial charge in [0.15, 0.2) is 0 Å². The molecule has 0 amide bonds. The molecule has 1 aliphatic heterocycles. The van der Waals surface area contributed by atoms with Crippen molar-refractivity contribution < 1.29 is 4.74 Å². The molecule has 1 heterocycles. The standard InChI is InChI=1S/C18H21NOS/c1-20-12-15-7-3-2-6-14(15)10-19-11-16-13-21-18-9-5-4-8-17(16)18/h2-9,16,19H,10-13H2,1H3. The summed E-state index contributed by atoms with van der Waals surface area (Å²) in [5.74, 6) is 1.81. The molecule has 0 saturated heterocycles. The van der Waals surface area contributed by atoms with Gasteiger partial charge in [-0.1, -0.05) is 42.5 Å². The summed E-state index contributed by atoms with van der Waals surface area (Å²) in [6, 6.07) is 17.3. The Kier molecular flexibility index (Phi) is 4.96. The molecular formula is C18H21NOS. The fourth-order valence-electron chi connectivity index (χ4n) is 2.81. The summed E-state index contributed by atoms with van der Waals surface area (Å²) in [6.07, 6.45) is 0. The van der Waals surface area contributed by atoms with Crippen molar-refractivity contribution in [2.75, 3.05) is 19.4 Å². The van der Waals surface area contributed by atoms with Gasteiger partial charge in [-0.15, -0.1) is 11.8 Å². The largest absolute Gasteiger partial charge is 0.380 e. The first-order chi connectivity index (χ1) is 10.4. The van der Waals surface area contributed by atoms with Gasteiger partial charge in [-0.05, 0) is 22.8 Å². The Morgan fingerprint density at radius 2 is 1.86 bits per heavy atom. The molecule has 2 aromatic rings. The van der Waals surface area contributed by atoms with E-state index < -0.39 is 0 Å². The predicted molar refractivity (Wildman–Crippen MR) is 88.8 cm³/mol. The number of ether oxygens (including phenoxy) is 1. The van der Waals surface area contributed by atoms with Gasteiger partial charge in [-0.2, -0.15) is 0 Å². The zero-order chi connectivity index (χ0) is 14.5. The molecule has 0 saturated carbocycles. The first-order valence-corrected chi connectivity index (χ1v) is 8.35. The van der Waals surface area contributed by atoms with Crippen molar-refractivity contribution in [3.05, 3.63) is 65.2 Å². The Morgan fingerprint density at radius 1 is 1.10 bits per heavy atom. The highest BCUT2D eigenvalue weighted by Crippen LogP contribution is 2.38. The van der Waals surface area contributed by atoms with Crippen molar-refractivity contribution in [2.24, 2.45) is 0 Å². The Bertz CT molecular complexity index is 599. The summed E-state index contributed by atoms with van der Waals surface area (Å²) in [6.45, 7) is 2.62. The van der Waals surface area contributed by atoms with Gasteiger partial charge in [0, 0.05) is 36.8 Å². The minimum atomic E-state index is 0.626. The highest BCUT2D eigenvalue weighted by Gasteiger charge is 2.21. The average molecular weight is 299 g/mol. The molecule has 2 aromatic carbocycles. The molecule has 0 spiro atoms. The first kappa shape index (κ1) is 14.6. The van der Waals surface area contributed by atoms with E-state index in [9.17, 15) is 0 Å². The van der Waals surface area contributed by atoms with Crippen LogP contribution >= 0.6 is 11.8 Å². The number of benzene rings is 2. The number of nitrogens with one attached hydrogen (secondary N) is 1. The van der Waals surface area contributed by atoms with Crippen LogP contribution in [0.3, 0.4) is 0 Å². The second-order valence-corrected chi connectivity index (χ2v) is 6.44. The maximum Gasteiger partial charge on any atom is 0.0716 e. The molecule has 1 N–H and O–H groups in total. The Morgan fingerprint density at radius 3 is 2.71 bits per heavy atom. The number of methoxy groups -OCH3 is 1. The molecule has 2 nitrogen and oxygen atoms in total. The fraction of sp³-hybridized carbons (Fsp3) is 0.333. The molecule has 0 fully saturated rings. The lowest BCUT2D eigenvalue weighted by atomic mass is 10.0. The second-order valence-electron chi connectivity index (χ2n) is 5.38. The van der Waals surface area contributed by atoms with Crippen LogP contribution in [0.1, 0.15) is 22.6 Å². The molecule has 1 atom stereocenters. The summed E-state index contributed by atoms with van der Waals surface area (Å²) in [4.78, 5) is 1.45. The van der Waals surface area contributed by atoms with E-state index in [2.05, 4.69) is 53.8 Å². The van der Waals surface area contributed by atoms with Crippen molar-refractivity contribution in [3.63, 3.8) is 0 Å². The van der Waals surface area contributed by atoms with Crippen molar-refractivity contribution in [1.29, 1.82) is 0 Å². The van der Waals surface area contributed by atoms with E-state index in [-0.39, 0.29) is 0 Å². The lowest BCUT2D eigenvalue weighted by Gasteiger charge is -2.14. The van der Waals surface area contributed by atoms with Gasteiger partial charge < -0.3 is 10.1 Å². The van der Waals surface area contributed by atoms with Gasteiger partial charge in [-0.25, -0.2) is 0 Å². The van der Waals surface area contributed by atoms with Gasteiger partial charge in [0.25, 0.3) is 0 Å². The fourth-order valence-corrected chi connectivity index (χ4v) is 4.06. The number of hydrogen-bond acceptors (Lipinski definition) is 3. The Hall–Kier alpha value is -1.29. The third kappa shape index (κ3) is 3.49. The lowest BCUT2D eigenvalue weighted by molar-refractivity contribution is 0.184. The summed E-state index contributed by atoms with van der Waals surface area (Å²) >= 11 is 1.97. The molecule has 0 bridgehead atoms. The van der Waals surface area contributed by atoms with Gasteiger partial charge >= 0.3 is 0 Å². The maximum atomic E-state index is 5.26. The lowest BCUT2D eigenvalue weighted by Crippen LogP contribution is -2.21. The van der Waals surface area contributed by atoms with Crippen LogP contribution in [0.4, 0.5) is 0 Å². The summed E-state index contributed by atoms with van der Waals surface area (Å²) in [7, 11) is 1.75. The van der Waals surface area contributed by atoms with E-state index >= 15 is 0 Å². The van der Waals surface area contributed by atoms with Crippen LogP contribution in [0.15, 0.2) is 53.4 Å². The minimum Gasteiger partial charge on any atom is -0.380 e. The van der Waals surface area contributed by atoms with E-state index in [0.29, 0.717) is 12.5 Å². The molecule has 110 valence electrons. The molecule has 3 rings (SSSR count). The van der Waals surface area contributed by atoms with Crippen molar-refractivity contribution in [1.82, 2.24) is 5.32 Å². The monoisotopic (exact) mass is 299 g/mol. The van der Waals surface area contributed by atoms with E-state index in [1.54, 1.807) is 7.11 Å². The van der Waals surface area contributed by atoms with Crippen LogP contribution in [0, 0.1) is 0 Å². The van der Waals surface area contributed by atoms with Crippen LogP contribution in [0.25, 0.3) is 0 Å². The third-order valence-corrected chi connectivity index (χ3v) is 5.18. The number of rotatable bonds is 6. The molecule has 21 heavy (non-hydrogen) atoms. The van der Waals surface area contributed by atoms with Crippen LogP contribution in [0.2, 0.25) is 0 Å². The molecule has 1 unspecified atom stereocenters. The Balaban J connectivity index is 1.58. The summed E-state index contributed by atoms with van der Waals surface area (Å²) < 4.78 is 5.26. The molecule has 0 radical (unpaired) electrons. The van der Waals surface area contributed by atoms with Gasteiger partial charge in [0.2, 0.25) is 0 Å².